The maximum Gasteiger partial charge on any atom is 0.422 e. The Balaban J connectivity index is 2.82. The van der Waals surface area contributed by atoms with Crippen molar-refractivity contribution in [1.82, 2.24) is 5.32 Å². The summed E-state index contributed by atoms with van der Waals surface area (Å²) in [7, 11) is 0. The molecule has 1 rings (SSSR count). The Bertz CT molecular complexity index is 475. The van der Waals surface area contributed by atoms with Gasteiger partial charge in [0.05, 0.1) is 0 Å². The molecule has 0 heterocycles. The van der Waals surface area contributed by atoms with Crippen LogP contribution < -0.4 is 10.1 Å². The number of rotatable bonds is 3. The van der Waals surface area contributed by atoms with E-state index in [9.17, 15) is 22.8 Å². The van der Waals surface area contributed by atoms with Crippen LogP contribution in [0.25, 0.3) is 0 Å². The van der Waals surface area contributed by atoms with E-state index in [1.165, 1.54) is 29.6 Å². The maximum atomic E-state index is 12.6. The van der Waals surface area contributed by atoms with Gasteiger partial charge in [0.1, 0.15) is 5.75 Å². The molecule has 0 bridgehead atoms. The van der Waals surface area contributed by atoms with Gasteiger partial charge in [-0.3, -0.25) is 5.32 Å². The van der Waals surface area contributed by atoms with Crippen molar-refractivity contribution in [2.24, 2.45) is 0 Å². The number of aliphatic carboxylic acids is 1. The number of benzene rings is 1. The van der Waals surface area contributed by atoms with Crippen LogP contribution in [-0.4, -0.2) is 28.9 Å². The minimum Gasteiger partial charge on any atom is -0.479 e. The number of para-hydroxylation sites is 1. The Labute approximate surface area is 106 Å². The molecule has 0 radical (unpaired) electrons. The smallest absolute Gasteiger partial charge is 0.422 e. The number of hydrogen-bond donors (Lipinski definition) is 2. The van der Waals surface area contributed by atoms with Crippen molar-refractivity contribution in [3.63, 3.8) is 0 Å². The van der Waals surface area contributed by atoms with Crippen LogP contribution in [0.2, 0.25) is 0 Å². The lowest BCUT2D eigenvalue weighted by Crippen LogP contribution is -2.62. The topological polar surface area (TPSA) is 75.6 Å². The van der Waals surface area contributed by atoms with Crippen LogP contribution in [0.3, 0.4) is 0 Å². The molecule has 19 heavy (non-hydrogen) atoms. The first kappa shape index (κ1) is 14.8. The highest BCUT2D eigenvalue weighted by Crippen LogP contribution is 2.30. The number of carbonyl (C=O) groups excluding carboxylic acids is 1. The number of carboxylic acids is 1. The van der Waals surface area contributed by atoms with Gasteiger partial charge in [-0.2, -0.15) is 13.2 Å². The second-order valence-electron chi connectivity index (χ2n) is 3.76. The van der Waals surface area contributed by atoms with Crippen LogP contribution in [0.1, 0.15) is 6.92 Å². The summed E-state index contributed by atoms with van der Waals surface area (Å²) in [5, 5.41) is 9.89. The van der Waals surface area contributed by atoms with Gasteiger partial charge >= 0.3 is 18.2 Å². The van der Waals surface area contributed by atoms with Crippen LogP contribution in [-0.2, 0) is 4.79 Å². The first-order valence-electron chi connectivity index (χ1n) is 5.02. The van der Waals surface area contributed by atoms with Crippen molar-refractivity contribution in [1.29, 1.82) is 0 Å². The largest absolute Gasteiger partial charge is 0.479 e. The van der Waals surface area contributed by atoms with E-state index in [2.05, 4.69) is 4.74 Å². The number of alkyl halides is 3. The van der Waals surface area contributed by atoms with Crippen LogP contribution in [0, 0.1) is 0 Å². The monoisotopic (exact) mass is 277 g/mol. The van der Waals surface area contributed by atoms with Crippen LogP contribution in [0.4, 0.5) is 18.0 Å². The average molecular weight is 277 g/mol. The molecule has 2 N–H and O–H groups in total. The van der Waals surface area contributed by atoms with Gasteiger partial charge in [-0.15, -0.1) is 0 Å². The lowest BCUT2D eigenvalue weighted by atomic mass is 10.0. The lowest BCUT2D eigenvalue weighted by molar-refractivity contribution is -0.203. The summed E-state index contributed by atoms with van der Waals surface area (Å²) in [6.45, 7) is 0.335. The van der Waals surface area contributed by atoms with E-state index in [1.807, 2.05) is 0 Å². The molecule has 0 fully saturated rings. The summed E-state index contributed by atoms with van der Waals surface area (Å²) < 4.78 is 42.4. The predicted octanol–water partition coefficient (Wildman–Crippen LogP) is 2.18. The summed E-state index contributed by atoms with van der Waals surface area (Å²) in [5.74, 6) is -2.24. The fourth-order valence-corrected chi connectivity index (χ4v) is 1.07. The summed E-state index contributed by atoms with van der Waals surface area (Å²) >= 11 is 0. The minimum absolute atomic E-state index is 0.00471. The first-order chi connectivity index (χ1) is 8.67. The first-order valence-corrected chi connectivity index (χ1v) is 5.02. The highest BCUT2D eigenvalue weighted by Gasteiger charge is 2.58. The van der Waals surface area contributed by atoms with E-state index in [0.717, 1.165) is 0 Å². The number of nitrogens with one attached hydrogen (secondary N) is 1. The lowest BCUT2D eigenvalue weighted by Gasteiger charge is -2.27. The molecule has 0 saturated heterocycles. The Kier molecular flexibility index (Phi) is 4.03. The molecule has 1 unspecified atom stereocenters. The molecule has 1 aromatic carbocycles. The fourth-order valence-electron chi connectivity index (χ4n) is 1.07. The van der Waals surface area contributed by atoms with Gasteiger partial charge in [0, 0.05) is 0 Å². The summed E-state index contributed by atoms with van der Waals surface area (Å²) in [5.41, 5.74) is -3.42. The van der Waals surface area contributed by atoms with E-state index in [0.29, 0.717) is 6.92 Å². The zero-order valence-electron chi connectivity index (χ0n) is 9.69. The molecule has 1 amide bonds. The van der Waals surface area contributed by atoms with Crippen molar-refractivity contribution in [3.05, 3.63) is 30.3 Å². The highest BCUT2D eigenvalue weighted by atomic mass is 19.4. The van der Waals surface area contributed by atoms with E-state index in [4.69, 9.17) is 5.11 Å². The number of halogens is 3. The maximum absolute atomic E-state index is 12.6. The number of carboxylic acid groups (broad SMARTS) is 1. The second-order valence-corrected chi connectivity index (χ2v) is 3.76. The minimum atomic E-state index is -5.16. The number of hydrogen-bond acceptors (Lipinski definition) is 3. The van der Waals surface area contributed by atoms with Crippen LogP contribution in [0.15, 0.2) is 30.3 Å². The van der Waals surface area contributed by atoms with E-state index in [1.54, 1.807) is 6.07 Å². The third-order valence-corrected chi connectivity index (χ3v) is 2.30. The van der Waals surface area contributed by atoms with Crippen molar-refractivity contribution >= 4 is 12.1 Å². The molecule has 1 atom stereocenters. The highest BCUT2D eigenvalue weighted by molar-refractivity contribution is 5.85. The number of amides is 1. The fraction of sp³-hybridized carbons (Fsp3) is 0.273. The van der Waals surface area contributed by atoms with Crippen molar-refractivity contribution in [3.8, 4) is 5.75 Å². The predicted molar refractivity (Wildman–Crippen MR) is 57.7 cm³/mol. The van der Waals surface area contributed by atoms with Gasteiger partial charge in [-0.25, -0.2) is 9.59 Å². The third kappa shape index (κ3) is 3.36. The van der Waals surface area contributed by atoms with Crippen molar-refractivity contribution in [2.45, 2.75) is 18.6 Å². The SMILES string of the molecule is CC(NC(=O)Oc1ccccc1)(C(=O)O)C(F)(F)F. The third-order valence-electron chi connectivity index (χ3n) is 2.30. The quantitative estimate of drug-likeness (QED) is 0.887. The van der Waals surface area contributed by atoms with E-state index >= 15 is 0 Å². The van der Waals surface area contributed by atoms with Gasteiger partial charge < -0.3 is 9.84 Å². The van der Waals surface area contributed by atoms with Gasteiger partial charge in [-0.05, 0) is 19.1 Å². The summed E-state index contributed by atoms with van der Waals surface area (Å²) in [4.78, 5) is 21.9. The Morgan fingerprint density at radius 1 is 1.21 bits per heavy atom. The van der Waals surface area contributed by atoms with E-state index in [-0.39, 0.29) is 5.75 Å². The molecule has 0 spiro atoms. The normalized spacial score (nSPS) is 14.3. The molecule has 1 aromatic rings. The van der Waals surface area contributed by atoms with Gasteiger partial charge in [0.15, 0.2) is 0 Å². The molecule has 104 valence electrons. The standard InChI is InChI=1S/C11H10F3NO4/c1-10(8(16)17,11(12,13)14)15-9(18)19-7-5-3-2-4-6-7/h2-6H,1H3,(H,15,18)(H,16,17). The molecule has 0 saturated carbocycles. The summed E-state index contributed by atoms with van der Waals surface area (Å²) in [6.07, 6.45) is -6.66. The molecular weight excluding hydrogens is 267 g/mol. The van der Waals surface area contributed by atoms with Crippen LogP contribution >= 0.6 is 0 Å². The molecular formula is C11H10F3NO4. The Morgan fingerprint density at radius 3 is 2.16 bits per heavy atom. The second kappa shape index (κ2) is 5.17. The Hall–Kier alpha value is -2.25. The van der Waals surface area contributed by atoms with Gasteiger partial charge in [-0.1, -0.05) is 18.2 Å². The van der Waals surface area contributed by atoms with E-state index < -0.39 is 23.8 Å². The van der Waals surface area contributed by atoms with Crippen molar-refractivity contribution < 1.29 is 32.6 Å². The Morgan fingerprint density at radius 2 is 1.74 bits per heavy atom. The molecule has 0 aliphatic carbocycles. The van der Waals surface area contributed by atoms with Crippen molar-refractivity contribution in [2.75, 3.05) is 0 Å². The zero-order chi connectivity index (χ0) is 14.7. The summed E-state index contributed by atoms with van der Waals surface area (Å²) in [6, 6.07) is 7.30. The molecule has 5 nitrogen and oxygen atoms in total. The number of ether oxygens (including phenoxy) is 1. The van der Waals surface area contributed by atoms with Crippen LogP contribution in [0.5, 0.6) is 5.75 Å². The average Bonchev–Trinajstić information content (AvgIpc) is 2.28. The molecule has 0 aliphatic heterocycles. The zero-order valence-corrected chi connectivity index (χ0v) is 9.69. The molecule has 8 heteroatoms. The van der Waals surface area contributed by atoms with Gasteiger partial charge in [0.2, 0.25) is 5.54 Å². The van der Waals surface area contributed by atoms with Gasteiger partial charge in [0.25, 0.3) is 0 Å². The molecule has 0 aromatic heterocycles. The number of carbonyl (C=O) groups is 2. The molecule has 0 aliphatic rings.